The van der Waals surface area contributed by atoms with Crippen LogP contribution in [0.2, 0.25) is 5.02 Å². The van der Waals surface area contributed by atoms with Gasteiger partial charge in [0.05, 0.1) is 23.7 Å². The molecule has 2 aliphatic carbocycles. The molecule has 2 fully saturated rings. The molecule has 2 saturated carbocycles. The molecular weight excluding hydrogens is 329 g/mol. The van der Waals surface area contributed by atoms with E-state index in [0.717, 1.165) is 0 Å². The molecular formula is C15H15ClFNO5. The number of carbonyl (C=O) groups is 2. The van der Waals surface area contributed by atoms with Gasteiger partial charge in [0.2, 0.25) is 0 Å². The molecule has 8 heteroatoms. The number of hydrogen-bond acceptors (Lipinski definition) is 4. The molecule has 4 N–H and O–H groups in total. The van der Waals surface area contributed by atoms with Crippen molar-refractivity contribution in [2.75, 3.05) is 0 Å². The highest BCUT2D eigenvalue weighted by Crippen LogP contribution is 2.62. The van der Waals surface area contributed by atoms with Gasteiger partial charge in [0.1, 0.15) is 11.4 Å². The van der Waals surface area contributed by atoms with E-state index in [-0.39, 0.29) is 24.0 Å². The van der Waals surface area contributed by atoms with Crippen LogP contribution in [0.5, 0.6) is 0 Å². The largest absolute Gasteiger partial charge is 0.481 e. The summed E-state index contributed by atoms with van der Waals surface area (Å²) in [5.41, 5.74) is 4.86. The SMILES string of the molecule is N[C@]1(C(=O)O)[C@H]2[C@@H](C[C@H]1OCc1ccc(F)c(Cl)c1)[C@@H]2C(=O)O. The average Bonchev–Trinajstić information content (AvgIpc) is 3.13. The van der Waals surface area contributed by atoms with E-state index >= 15 is 0 Å². The van der Waals surface area contributed by atoms with Crippen molar-refractivity contribution in [1.29, 1.82) is 0 Å². The van der Waals surface area contributed by atoms with E-state index in [0.29, 0.717) is 5.56 Å². The zero-order chi connectivity index (χ0) is 16.9. The van der Waals surface area contributed by atoms with E-state index in [4.69, 9.17) is 27.2 Å². The molecule has 23 heavy (non-hydrogen) atoms. The Hall–Kier alpha value is -1.70. The predicted octanol–water partition coefficient (Wildman–Crippen LogP) is 1.50. The van der Waals surface area contributed by atoms with Crippen LogP contribution in [0.3, 0.4) is 0 Å². The van der Waals surface area contributed by atoms with Crippen LogP contribution in [0.1, 0.15) is 12.0 Å². The van der Waals surface area contributed by atoms with Crippen LogP contribution in [0, 0.1) is 23.6 Å². The first-order chi connectivity index (χ1) is 10.8. The summed E-state index contributed by atoms with van der Waals surface area (Å²) in [6.07, 6.45) is -0.520. The Morgan fingerprint density at radius 1 is 1.43 bits per heavy atom. The summed E-state index contributed by atoms with van der Waals surface area (Å²) in [7, 11) is 0. The lowest BCUT2D eigenvalue weighted by atomic mass is 9.89. The van der Waals surface area contributed by atoms with Crippen LogP contribution >= 0.6 is 11.6 Å². The lowest BCUT2D eigenvalue weighted by Gasteiger charge is -2.30. The fraction of sp³-hybridized carbons (Fsp3) is 0.467. The molecule has 3 rings (SSSR count). The lowest BCUT2D eigenvalue weighted by Crippen LogP contribution is -2.58. The zero-order valence-corrected chi connectivity index (χ0v) is 12.7. The number of rotatable bonds is 5. The monoisotopic (exact) mass is 343 g/mol. The second-order valence-electron chi connectivity index (χ2n) is 6.08. The van der Waals surface area contributed by atoms with E-state index in [2.05, 4.69) is 0 Å². The molecule has 0 unspecified atom stereocenters. The molecule has 124 valence electrons. The molecule has 5 atom stereocenters. The van der Waals surface area contributed by atoms with Crippen LogP contribution in [0.15, 0.2) is 18.2 Å². The number of fused-ring (bicyclic) bond motifs is 1. The Labute approximate surface area is 136 Å². The summed E-state index contributed by atoms with van der Waals surface area (Å²) >= 11 is 5.69. The standard InChI is InChI=1S/C15H15ClFNO5/c16-8-3-6(1-2-9(8)17)5-23-10-4-7-11(13(19)20)12(7)15(10,18)14(21)22/h1-3,7,10-12H,4-5,18H2,(H,19,20)(H,21,22)/t7-,10+,11-,12-,15-/m0/s1. The number of hydrogen-bond donors (Lipinski definition) is 3. The van der Waals surface area contributed by atoms with Gasteiger partial charge in [0.15, 0.2) is 0 Å². The summed E-state index contributed by atoms with van der Waals surface area (Å²) in [5, 5.41) is 18.5. The summed E-state index contributed by atoms with van der Waals surface area (Å²) in [4.78, 5) is 22.7. The summed E-state index contributed by atoms with van der Waals surface area (Å²) in [5.74, 6) is -4.48. The van der Waals surface area contributed by atoms with Crippen LogP contribution in [0.4, 0.5) is 4.39 Å². The predicted molar refractivity (Wildman–Crippen MR) is 77.3 cm³/mol. The second-order valence-corrected chi connectivity index (χ2v) is 6.48. The Bertz CT molecular complexity index is 684. The molecule has 1 aromatic rings. The maximum Gasteiger partial charge on any atom is 0.326 e. The van der Waals surface area contributed by atoms with Crippen molar-refractivity contribution in [1.82, 2.24) is 0 Å². The third kappa shape index (κ3) is 2.49. The van der Waals surface area contributed by atoms with Gasteiger partial charge in [0.25, 0.3) is 0 Å². The Balaban J connectivity index is 1.72. The smallest absolute Gasteiger partial charge is 0.326 e. The number of carboxylic acid groups (broad SMARTS) is 2. The number of halogens is 2. The van der Waals surface area contributed by atoms with E-state index in [1.165, 1.54) is 18.2 Å². The normalized spacial score (nSPS) is 34.9. The van der Waals surface area contributed by atoms with Gasteiger partial charge in [0, 0.05) is 5.92 Å². The third-order valence-electron chi connectivity index (χ3n) is 4.83. The van der Waals surface area contributed by atoms with Crippen LogP contribution < -0.4 is 5.73 Å². The quantitative estimate of drug-likeness (QED) is 0.747. The van der Waals surface area contributed by atoms with Crippen LogP contribution in [-0.2, 0) is 20.9 Å². The first-order valence-electron chi connectivity index (χ1n) is 7.07. The first-order valence-corrected chi connectivity index (χ1v) is 7.45. The molecule has 0 heterocycles. The molecule has 0 amide bonds. The minimum atomic E-state index is -1.72. The van der Waals surface area contributed by atoms with Gasteiger partial charge in [-0.25, -0.2) is 4.39 Å². The van der Waals surface area contributed by atoms with E-state index in [1.807, 2.05) is 0 Å². The highest BCUT2D eigenvalue weighted by molar-refractivity contribution is 6.30. The van der Waals surface area contributed by atoms with Gasteiger partial charge < -0.3 is 20.7 Å². The van der Waals surface area contributed by atoms with Gasteiger partial charge in [-0.15, -0.1) is 0 Å². The van der Waals surface area contributed by atoms with Gasteiger partial charge in [-0.05, 0) is 30.0 Å². The minimum Gasteiger partial charge on any atom is -0.481 e. The fourth-order valence-electron chi connectivity index (χ4n) is 3.62. The number of benzene rings is 1. The molecule has 0 aromatic heterocycles. The number of ether oxygens (including phenoxy) is 1. The van der Waals surface area contributed by atoms with E-state index < -0.39 is 41.2 Å². The van der Waals surface area contributed by atoms with Crippen molar-refractivity contribution in [2.24, 2.45) is 23.5 Å². The number of nitrogens with two attached hydrogens (primary N) is 1. The van der Waals surface area contributed by atoms with Gasteiger partial charge >= 0.3 is 11.9 Å². The van der Waals surface area contributed by atoms with Crippen molar-refractivity contribution in [2.45, 2.75) is 24.7 Å². The highest BCUT2D eigenvalue weighted by atomic mass is 35.5. The zero-order valence-electron chi connectivity index (χ0n) is 11.9. The second kappa shape index (κ2) is 5.43. The van der Waals surface area contributed by atoms with Crippen molar-refractivity contribution >= 4 is 23.5 Å². The van der Waals surface area contributed by atoms with Crippen molar-refractivity contribution in [3.8, 4) is 0 Å². The topological polar surface area (TPSA) is 110 Å². The van der Waals surface area contributed by atoms with Crippen LogP contribution in [-0.4, -0.2) is 33.8 Å². The van der Waals surface area contributed by atoms with Crippen molar-refractivity contribution in [3.63, 3.8) is 0 Å². The van der Waals surface area contributed by atoms with E-state index in [9.17, 15) is 19.1 Å². The summed E-state index contributed by atoms with van der Waals surface area (Å²) < 4.78 is 18.7. The average molecular weight is 344 g/mol. The maximum absolute atomic E-state index is 13.1. The van der Waals surface area contributed by atoms with E-state index in [1.54, 1.807) is 0 Å². The molecule has 0 radical (unpaired) electrons. The maximum atomic E-state index is 13.1. The highest BCUT2D eigenvalue weighted by Gasteiger charge is 2.74. The van der Waals surface area contributed by atoms with Crippen molar-refractivity contribution in [3.05, 3.63) is 34.6 Å². The third-order valence-corrected chi connectivity index (χ3v) is 5.12. The lowest BCUT2D eigenvalue weighted by molar-refractivity contribution is -0.152. The molecule has 0 bridgehead atoms. The molecule has 0 saturated heterocycles. The molecule has 6 nitrogen and oxygen atoms in total. The van der Waals surface area contributed by atoms with Gasteiger partial charge in [-0.1, -0.05) is 17.7 Å². The first kappa shape index (κ1) is 16.2. The van der Waals surface area contributed by atoms with Crippen LogP contribution in [0.25, 0.3) is 0 Å². The molecule has 0 aliphatic heterocycles. The van der Waals surface area contributed by atoms with Gasteiger partial charge in [-0.3, -0.25) is 9.59 Å². The Morgan fingerprint density at radius 2 is 2.13 bits per heavy atom. The molecule has 1 aromatic carbocycles. The number of aliphatic carboxylic acids is 2. The molecule has 0 spiro atoms. The molecule has 2 aliphatic rings. The Kier molecular flexibility index (Phi) is 3.82. The summed E-state index contributed by atoms with van der Waals surface area (Å²) in [6.45, 7) is 0.0219. The Morgan fingerprint density at radius 3 is 2.70 bits per heavy atom. The summed E-state index contributed by atoms with van der Waals surface area (Å²) in [6, 6.07) is 4.07. The van der Waals surface area contributed by atoms with Gasteiger partial charge in [-0.2, -0.15) is 0 Å². The van der Waals surface area contributed by atoms with Crippen molar-refractivity contribution < 1.29 is 28.9 Å². The fourth-order valence-corrected chi connectivity index (χ4v) is 3.83. The minimum absolute atomic E-state index is 0.0219. The number of carboxylic acids is 2.